The first-order valence-electron chi connectivity index (χ1n) is 6.57. The molecule has 2 unspecified atom stereocenters. The number of nitrogens with zero attached hydrogens (tertiary/aromatic N) is 2. The third kappa shape index (κ3) is 2.87. The van der Waals surface area contributed by atoms with Crippen LogP contribution in [-0.2, 0) is 13.5 Å². The zero-order valence-corrected chi connectivity index (χ0v) is 10.8. The molecule has 1 heterocycles. The Morgan fingerprint density at radius 2 is 2.47 bits per heavy atom. The van der Waals surface area contributed by atoms with Crippen molar-refractivity contribution < 1.29 is 5.11 Å². The molecule has 1 aromatic heterocycles. The summed E-state index contributed by atoms with van der Waals surface area (Å²) in [5.74, 6) is 0.530. The highest BCUT2D eigenvalue weighted by Gasteiger charge is 2.23. The first-order chi connectivity index (χ1) is 8.22. The fourth-order valence-corrected chi connectivity index (χ4v) is 2.58. The van der Waals surface area contributed by atoms with E-state index < -0.39 is 0 Å². The minimum Gasteiger partial charge on any atom is -0.396 e. The number of aromatic nitrogens is 2. The van der Waals surface area contributed by atoms with E-state index >= 15 is 0 Å². The SMILES string of the molecule is CC(CCO)CNC1CCCc2c1cnn2C. The summed E-state index contributed by atoms with van der Waals surface area (Å²) in [5, 5.41) is 16.9. The number of aryl methyl sites for hydroxylation is 1. The molecule has 2 N–H and O–H groups in total. The molecule has 0 saturated carbocycles. The highest BCUT2D eigenvalue weighted by Crippen LogP contribution is 2.29. The summed E-state index contributed by atoms with van der Waals surface area (Å²) in [6.07, 6.45) is 6.46. The molecular formula is C13H23N3O. The van der Waals surface area contributed by atoms with Crippen molar-refractivity contribution in [3.8, 4) is 0 Å². The minimum atomic E-state index is 0.283. The molecule has 1 aliphatic rings. The Morgan fingerprint density at radius 1 is 1.65 bits per heavy atom. The largest absolute Gasteiger partial charge is 0.396 e. The number of fused-ring (bicyclic) bond motifs is 1. The number of aliphatic hydroxyl groups excluding tert-OH is 1. The summed E-state index contributed by atoms with van der Waals surface area (Å²) >= 11 is 0. The zero-order chi connectivity index (χ0) is 12.3. The monoisotopic (exact) mass is 237 g/mol. The second-order valence-electron chi connectivity index (χ2n) is 5.14. The summed E-state index contributed by atoms with van der Waals surface area (Å²) in [6.45, 7) is 3.43. The predicted molar refractivity (Wildman–Crippen MR) is 67.8 cm³/mol. The number of hydrogen-bond donors (Lipinski definition) is 2. The van der Waals surface area contributed by atoms with Gasteiger partial charge < -0.3 is 10.4 Å². The molecule has 0 aromatic carbocycles. The van der Waals surface area contributed by atoms with Crippen LogP contribution in [0.25, 0.3) is 0 Å². The maximum absolute atomic E-state index is 8.89. The fourth-order valence-electron chi connectivity index (χ4n) is 2.58. The van der Waals surface area contributed by atoms with Crippen molar-refractivity contribution >= 4 is 0 Å². The summed E-state index contributed by atoms with van der Waals surface area (Å²) in [7, 11) is 2.02. The van der Waals surface area contributed by atoms with Crippen LogP contribution in [0.1, 0.15) is 43.5 Å². The molecule has 1 aliphatic carbocycles. The Bertz CT molecular complexity index is 362. The van der Waals surface area contributed by atoms with Gasteiger partial charge in [-0.15, -0.1) is 0 Å². The Balaban J connectivity index is 1.94. The summed E-state index contributed by atoms with van der Waals surface area (Å²) in [6, 6.07) is 0.452. The molecule has 0 radical (unpaired) electrons. The van der Waals surface area contributed by atoms with Crippen LogP contribution in [0.15, 0.2) is 6.20 Å². The second-order valence-corrected chi connectivity index (χ2v) is 5.14. The van der Waals surface area contributed by atoms with Gasteiger partial charge in [0.25, 0.3) is 0 Å². The van der Waals surface area contributed by atoms with E-state index in [1.165, 1.54) is 24.1 Å². The van der Waals surface area contributed by atoms with Crippen LogP contribution in [-0.4, -0.2) is 28.0 Å². The number of aliphatic hydroxyl groups is 1. The van der Waals surface area contributed by atoms with Crippen molar-refractivity contribution in [1.29, 1.82) is 0 Å². The molecule has 0 saturated heterocycles. The van der Waals surface area contributed by atoms with Gasteiger partial charge in [-0.1, -0.05) is 6.92 Å². The van der Waals surface area contributed by atoms with E-state index in [-0.39, 0.29) is 6.61 Å². The van der Waals surface area contributed by atoms with Crippen LogP contribution in [0.4, 0.5) is 0 Å². The quantitative estimate of drug-likeness (QED) is 0.814. The normalized spacial score (nSPS) is 21.2. The molecule has 17 heavy (non-hydrogen) atoms. The van der Waals surface area contributed by atoms with E-state index in [4.69, 9.17) is 5.11 Å². The van der Waals surface area contributed by atoms with Gasteiger partial charge in [-0.25, -0.2) is 0 Å². The average molecular weight is 237 g/mol. The fraction of sp³-hybridized carbons (Fsp3) is 0.769. The van der Waals surface area contributed by atoms with Gasteiger partial charge in [0.15, 0.2) is 0 Å². The molecular weight excluding hydrogens is 214 g/mol. The summed E-state index contributed by atoms with van der Waals surface area (Å²) in [5.41, 5.74) is 2.75. The first kappa shape index (κ1) is 12.6. The maximum Gasteiger partial charge on any atom is 0.0540 e. The van der Waals surface area contributed by atoms with E-state index in [2.05, 4.69) is 17.3 Å². The van der Waals surface area contributed by atoms with Crippen molar-refractivity contribution in [2.75, 3.05) is 13.2 Å². The van der Waals surface area contributed by atoms with Crippen LogP contribution >= 0.6 is 0 Å². The Morgan fingerprint density at radius 3 is 3.24 bits per heavy atom. The Labute approximate surface area is 103 Å². The van der Waals surface area contributed by atoms with Crippen LogP contribution in [0, 0.1) is 5.92 Å². The lowest BCUT2D eigenvalue weighted by molar-refractivity contribution is 0.256. The molecule has 4 nitrogen and oxygen atoms in total. The number of nitrogens with one attached hydrogen (secondary N) is 1. The lowest BCUT2D eigenvalue weighted by Crippen LogP contribution is -2.29. The molecule has 2 atom stereocenters. The molecule has 4 heteroatoms. The van der Waals surface area contributed by atoms with Crippen LogP contribution in [0.2, 0.25) is 0 Å². The summed E-state index contributed by atoms with van der Waals surface area (Å²) < 4.78 is 2.00. The van der Waals surface area contributed by atoms with Gasteiger partial charge in [-0.2, -0.15) is 5.10 Å². The second kappa shape index (κ2) is 5.65. The minimum absolute atomic E-state index is 0.283. The molecule has 0 bridgehead atoms. The van der Waals surface area contributed by atoms with Crippen molar-refractivity contribution in [1.82, 2.24) is 15.1 Å². The molecule has 96 valence electrons. The lowest BCUT2D eigenvalue weighted by atomic mass is 9.92. The van der Waals surface area contributed by atoms with Crippen LogP contribution < -0.4 is 5.32 Å². The van der Waals surface area contributed by atoms with E-state index in [0.717, 1.165) is 19.4 Å². The number of hydrogen-bond acceptors (Lipinski definition) is 3. The van der Waals surface area contributed by atoms with Crippen molar-refractivity contribution in [2.45, 2.75) is 38.6 Å². The van der Waals surface area contributed by atoms with Gasteiger partial charge in [0.05, 0.1) is 6.20 Å². The highest BCUT2D eigenvalue weighted by atomic mass is 16.3. The van der Waals surface area contributed by atoms with Gasteiger partial charge in [-0.3, -0.25) is 4.68 Å². The molecule has 2 rings (SSSR count). The molecule has 0 fully saturated rings. The van der Waals surface area contributed by atoms with E-state index in [9.17, 15) is 0 Å². The summed E-state index contributed by atoms with van der Waals surface area (Å²) in [4.78, 5) is 0. The highest BCUT2D eigenvalue weighted by molar-refractivity contribution is 5.24. The maximum atomic E-state index is 8.89. The van der Waals surface area contributed by atoms with Crippen molar-refractivity contribution in [2.24, 2.45) is 13.0 Å². The number of rotatable bonds is 5. The standard InChI is InChI=1S/C13H23N3O/c1-10(6-7-17)8-14-12-4-3-5-13-11(12)9-15-16(13)2/h9-10,12,14,17H,3-8H2,1-2H3. The Hall–Kier alpha value is -0.870. The smallest absolute Gasteiger partial charge is 0.0540 e. The third-order valence-corrected chi connectivity index (χ3v) is 3.71. The predicted octanol–water partition coefficient (Wildman–Crippen LogP) is 1.41. The average Bonchev–Trinajstić information content (AvgIpc) is 2.70. The van der Waals surface area contributed by atoms with Crippen LogP contribution in [0.5, 0.6) is 0 Å². The van der Waals surface area contributed by atoms with Gasteiger partial charge in [0, 0.05) is 31.0 Å². The van der Waals surface area contributed by atoms with E-state index in [1.807, 2.05) is 17.9 Å². The van der Waals surface area contributed by atoms with Gasteiger partial charge in [0.1, 0.15) is 0 Å². The van der Waals surface area contributed by atoms with Crippen molar-refractivity contribution in [3.63, 3.8) is 0 Å². The molecule has 0 aliphatic heterocycles. The lowest BCUT2D eigenvalue weighted by Gasteiger charge is -2.25. The molecule has 0 spiro atoms. The van der Waals surface area contributed by atoms with Gasteiger partial charge in [0.2, 0.25) is 0 Å². The molecule has 0 amide bonds. The zero-order valence-electron chi connectivity index (χ0n) is 10.8. The van der Waals surface area contributed by atoms with E-state index in [0.29, 0.717) is 12.0 Å². The first-order valence-corrected chi connectivity index (χ1v) is 6.57. The Kier molecular flexibility index (Phi) is 4.18. The van der Waals surface area contributed by atoms with Gasteiger partial charge in [-0.05, 0) is 38.1 Å². The topological polar surface area (TPSA) is 50.1 Å². The molecule has 1 aromatic rings. The van der Waals surface area contributed by atoms with E-state index in [1.54, 1.807) is 0 Å². The third-order valence-electron chi connectivity index (χ3n) is 3.71. The van der Waals surface area contributed by atoms with Crippen molar-refractivity contribution in [3.05, 3.63) is 17.5 Å². The van der Waals surface area contributed by atoms with Gasteiger partial charge >= 0.3 is 0 Å². The van der Waals surface area contributed by atoms with Crippen LogP contribution in [0.3, 0.4) is 0 Å².